The lowest BCUT2D eigenvalue weighted by Crippen LogP contribution is -2.38. The van der Waals surface area contributed by atoms with E-state index in [0.717, 1.165) is 0 Å². The maximum atomic E-state index is 13.9. The van der Waals surface area contributed by atoms with Crippen LogP contribution in [0, 0.1) is 23.6 Å². The molecule has 114 valence electrons. The Kier molecular flexibility index (Phi) is 6.39. The van der Waals surface area contributed by atoms with Gasteiger partial charge in [-0.05, 0) is 31.0 Å². The van der Waals surface area contributed by atoms with E-state index in [-0.39, 0.29) is 24.1 Å². The summed E-state index contributed by atoms with van der Waals surface area (Å²) >= 11 is 0. The number of amides is 1. The molecule has 1 N–H and O–H groups in total. The SMILES string of the molecule is CC(C)C(C)N(C)C(=O)c1ccc(C#CCCO)c(F)c1. The fraction of sp³-hybridized carbons (Fsp3) is 0.471. The van der Waals surface area contributed by atoms with Gasteiger partial charge >= 0.3 is 0 Å². The minimum atomic E-state index is -0.517. The van der Waals surface area contributed by atoms with E-state index in [0.29, 0.717) is 17.9 Å². The van der Waals surface area contributed by atoms with Crippen molar-refractivity contribution in [3.05, 3.63) is 35.1 Å². The number of aliphatic hydroxyl groups is 1. The molecule has 0 aliphatic heterocycles. The number of halogens is 1. The second-order valence-corrected chi connectivity index (χ2v) is 5.37. The van der Waals surface area contributed by atoms with Gasteiger partial charge < -0.3 is 10.0 Å². The lowest BCUT2D eigenvalue weighted by Gasteiger charge is -2.28. The molecule has 4 heteroatoms. The van der Waals surface area contributed by atoms with Crippen LogP contribution in [0.2, 0.25) is 0 Å². The molecule has 0 aliphatic carbocycles. The van der Waals surface area contributed by atoms with Gasteiger partial charge in [-0.15, -0.1) is 0 Å². The van der Waals surface area contributed by atoms with Crippen LogP contribution in [0.1, 0.15) is 43.1 Å². The van der Waals surface area contributed by atoms with Gasteiger partial charge in [0.15, 0.2) is 0 Å². The van der Waals surface area contributed by atoms with Crippen LogP contribution in [0.4, 0.5) is 4.39 Å². The summed E-state index contributed by atoms with van der Waals surface area (Å²) in [6.45, 7) is 5.99. The van der Waals surface area contributed by atoms with Gasteiger partial charge in [0.05, 0.1) is 12.2 Å². The van der Waals surface area contributed by atoms with E-state index in [1.165, 1.54) is 12.1 Å². The van der Waals surface area contributed by atoms with E-state index in [2.05, 4.69) is 11.8 Å². The molecule has 1 atom stereocenters. The Labute approximate surface area is 125 Å². The predicted molar refractivity (Wildman–Crippen MR) is 81.4 cm³/mol. The highest BCUT2D eigenvalue weighted by Crippen LogP contribution is 2.15. The molecule has 1 amide bonds. The molecule has 21 heavy (non-hydrogen) atoms. The summed E-state index contributed by atoms with van der Waals surface area (Å²) in [5.41, 5.74) is 0.551. The molecule has 0 radical (unpaired) electrons. The fourth-order valence-corrected chi connectivity index (χ4v) is 1.80. The van der Waals surface area contributed by atoms with Crippen LogP contribution in [0.3, 0.4) is 0 Å². The highest BCUT2D eigenvalue weighted by atomic mass is 19.1. The first kappa shape index (κ1) is 17.2. The van der Waals surface area contributed by atoms with Crippen LogP contribution in [-0.4, -0.2) is 35.6 Å². The van der Waals surface area contributed by atoms with Crippen LogP contribution in [-0.2, 0) is 0 Å². The molecule has 1 aromatic rings. The monoisotopic (exact) mass is 291 g/mol. The Balaban J connectivity index is 2.94. The van der Waals surface area contributed by atoms with Gasteiger partial charge in [-0.3, -0.25) is 4.79 Å². The average Bonchev–Trinajstić information content (AvgIpc) is 2.46. The van der Waals surface area contributed by atoms with Crippen molar-refractivity contribution in [2.45, 2.75) is 33.2 Å². The Morgan fingerprint density at radius 3 is 2.57 bits per heavy atom. The lowest BCUT2D eigenvalue weighted by molar-refractivity contribution is 0.0706. The van der Waals surface area contributed by atoms with Crippen molar-refractivity contribution in [2.24, 2.45) is 5.92 Å². The molecular weight excluding hydrogens is 269 g/mol. The average molecular weight is 291 g/mol. The molecule has 0 aromatic heterocycles. The quantitative estimate of drug-likeness (QED) is 0.866. The molecule has 0 saturated heterocycles. The maximum absolute atomic E-state index is 13.9. The van der Waals surface area contributed by atoms with Gasteiger partial charge in [0.1, 0.15) is 5.82 Å². The number of carbonyl (C=O) groups excluding carboxylic acids is 1. The van der Waals surface area contributed by atoms with Crippen LogP contribution in [0.25, 0.3) is 0 Å². The number of carbonyl (C=O) groups is 1. The lowest BCUT2D eigenvalue weighted by atomic mass is 10.0. The van der Waals surface area contributed by atoms with Gasteiger partial charge in [0, 0.05) is 25.1 Å². The summed E-state index contributed by atoms with van der Waals surface area (Å²) in [6.07, 6.45) is 0.300. The summed E-state index contributed by atoms with van der Waals surface area (Å²) in [5, 5.41) is 8.64. The number of rotatable bonds is 4. The zero-order valence-corrected chi connectivity index (χ0v) is 13.0. The topological polar surface area (TPSA) is 40.5 Å². The zero-order valence-electron chi connectivity index (χ0n) is 13.0. The van der Waals surface area contributed by atoms with Gasteiger partial charge in [0.2, 0.25) is 0 Å². The van der Waals surface area contributed by atoms with Crippen LogP contribution >= 0.6 is 0 Å². The molecule has 0 saturated carbocycles. The highest BCUT2D eigenvalue weighted by molar-refractivity contribution is 5.94. The highest BCUT2D eigenvalue weighted by Gasteiger charge is 2.20. The standard InChI is InChI=1S/C17H22FNO2/c1-12(2)13(3)19(4)17(21)15-9-8-14(16(18)11-15)7-5-6-10-20/h8-9,11-13,20H,6,10H2,1-4H3. The van der Waals surface area contributed by atoms with E-state index in [4.69, 9.17) is 5.11 Å². The largest absolute Gasteiger partial charge is 0.395 e. The second kappa shape index (κ2) is 7.80. The Morgan fingerprint density at radius 2 is 2.05 bits per heavy atom. The third kappa shape index (κ3) is 4.57. The normalized spacial score (nSPS) is 11.8. The van der Waals surface area contributed by atoms with Crippen molar-refractivity contribution in [1.29, 1.82) is 0 Å². The van der Waals surface area contributed by atoms with Crippen LogP contribution in [0.15, 0.2) is 18.2 Å². The molecule has 0 fully saturated rings. The van der Waals surface area contributed by atoms with Crippen LogP contribution < -0.4 is 0 Å². The number of hydrogen-bond donors (Lipinski definition) is 1. The molecule has 0 spiro atoms. The Bertz CT molecular complexity index is 558. The molecule has 0 bridgehead atoms. The maximum Gasteiger partial charge on any atom is 0.253 e. The van der Waals surface area contributed by atoms with Crippen molar-refractivity contribution in [3.63, 3.8) is 0 Å². The summed E-state index contributed by atoms with van der Waals surface area (Å²) in [4.78, 5) is 13.9. The third-order valence-corrected chi connectivity index (χ3v) is 3.57. The van der Waals surface area contributed by atoms with Gasteiger partial charge in [0.25, 0.3) is 5.91 Å². The van der Waals surface area contributed by atoms with E-state index < -0.39 is 5.82 Å². The molecule has 0 aliphatic rings. The zero-order chi connectivity index (χ0) is 16.0. The first-order chi connectivity index (χ1) is 9.88. The van der Waals surface area contributed by atoms with Gasteiger partial charge in [-0.2, -0.15) is 0 Å². The summed E-state index contributed by atoms with van der Waals surface area (Å²) < 4.78 is 13.9. The molecule has 0 heterocycles. The molecule has 1 unspecified atom stereocenters. The predicted octanol–water partition coefficient (Wildman–Crippen LogP) is 2.68. The van der Waals surface area contributed by atoms with E-state index >= 15 is 0 Å². The molecular formula is C17H22FNO2. The number of aliphatic hydroxyl groups excluding tert-OH is 1. The molecule has 1 rings (SSSR count). The Morgan fingerprint density at radius 1 is 1.38 bits per heavy atom. The molecule has 3 nitrogen and oxygen atoms in total. The minimum Gasteiger partial charge on any atom is -0.395 e. The number of benzene rings is 1. The molecule has 1 aromatic carbocycles. The van der Waals surface area contributed by atoms with Crippen molar-refractivity contribution in [1.82, 2.24) is 4.90 Å². The van der Waals surface area contributed by atoms with Crippen molar-refractivity contribution in [3.8, 4) is 11.8 Å². The van der Waals surface area contributed by atoms with Gasteiger partial charge in [-0.1, -0.05) is 25.7 Å². The van der Waals surface area contributed by atoms with E-state index in [9.17, 15) is 9.18 Å². The smallest absolute Gasteiger partial charge is 0.253 e. The minimum absolute atomic E-state index is 0.0525. The number of nitrogens with zero attached hydrogens (tertiary/aromatic N) is 1. The fourth-order valence-electron chi connectivity index (χ4n) is 1.80. The van der Waals surface area contributed by atoms with E-state index in [1.54, 1.807) is 18.0 Å². The third-order valence-electron chi connectivity index (χ3n) is 3.57. The Hall–Kier alpha value is -1.86. The van der Waals surface area contributed by atoms with Crippen molar-refractivity contribution < 1.29 is 14.3 Å². The summed E-state index contributed by atoms with van der Waals surface area (Å²) in [6, 6.07) is 4.37. The van der Waals surface area contributed by atoms with Crippen molar-refractivity contribution in [2.75, 3.05) is 13.7 Å². The van der Waals surface area contributed by atoms with Crippen molar-refractivity contribution >= 4 is 5.91 Å². The van der Waals surface area contributed by atoms with Crippen LogP contribution in [0.5, 0.6) is 0 Å². The summed E-state index contributed by atoms with van der Waals surface area (Å²) in [5.74, 6) is 4.91. The first-order valence-corrected chi connectivity index (χ1v) is 7.05. The summed E-state index contributed by atoms with van der Waals surface area (Å²) in [7, 11) is 1.72. The van der Waals surface area contributed by atoms with E-state index in [1.807, 2.05) is 20.8 Å². The van der Waals surface area contributed by atoms with Gasteiger partial charge in [-0.25, -0.2) is 4.39 Å². The number of hydrogen-bond acceptors (Lipinski definition) is 2. The first-order valence-electron chi connectivity index (χ1n) is 7.05. The second-order valence-electron chi connectivity index (χ2n) is 5.37.